The van der Waals surface area contributed by atoms with Crippen molar-refractivity contribution in [3.05, 3.63) is 65.7 Å². The molecule has 1 unspecified atom stereocenters. The van der Waals surface area contributed by atoms with Gasteiger partial charge in [-0.3, -0.25) is 4.79 Å². The van der Waals surface area contributed by atoms with E-state index < -0.39 is 16.1 Å². The van der Waals surface area contributed by atoms with E-state index in [-0.39, 0.29) is 23.8 Å². The normalized spacial score (nSPS) is 16.3. The van der Waals surface area contributed by atoms with Crippen molar-refractivity contribution < 1.29 is 23.1 Å². The molecule has 1 atom stereocenters. The first-order valence-electron chi connectivity index (χ1n) is 9.63. The molecule has 1 saturated heterocycles. The molecule has 2 N–H and O–H groups in total. The third-order valence-electron chi connectivity index (χ3n) is 4.85. The number of ether oxygens (including phenoxy) is 1. The van der Waals surface area contributed by atoms with Gasteiger partial charge in [0.15, 0.2) is 0 Å². The Morgan fingerprint density at radius 3 is 2.38 bits per heavy atom. The van der Waals surface area contributed by atoms with Crippen LogP contribution in [0.25, 0.3) is 0 Å². The van der Waals surface area contributed by atoms with E-state index >= 15 is 0 Å². The number of carbonyl (C=O) groups is 1. The van der Waals surface area contributed by atoms with Gasteiger partial charge in [0.25, 0.3) is 0 Å². The number of hydrogen-bond acceptors (Lipinski definition) is 5. The number of morpholine rings is 1. The van der Waals surface area contributed by atoms with Crippen molar-refractivity contribution >= 4 is 15.9 Å². The summed E-state index contributed by atoms with van der Waals surface area (Å²) in [6.45, 7) is 1.69. The van der Waals surface area contributed by atoms with Crippen molar-refractivity contribution in [1.82, 2.24) is 9.62 Å². The van der Waals surface area contributed by atoms with Gasteiger partial charge in [-0.15, -0.1) is 0 Å². The highest BCUT2D eigenvalue weighted by Gasteiger charge is 2.26. The first kappa shape index (κ1) is 21.4. The number of carbonyl (C=O) groups excluding carboxylic acids is 1. The summed E-state index contributed by atoms with van der Waals surface area (Å²) in [5.74, 6) is -0.162. The second kappa shape index (κ2) is 9.98. The Hall–Kier alpha value is -2.26. The van der Waals surface area contributed by atoms with Gasteiger partial charge in [-0.1, -0.05) is 42.5 Å². The number of sulfonamides is 1. The fourth-order valence-electron chi connectivity index (χ4n) is 3.11. The Labute approximate surface area is 171 Å². The lowest BCUT2D eigenvalue weighted by molar-refractivity contribution is -0.121. The molecule has 0 aliphatic carbocycles. The minimum atomic E-state index is -3.51. The zero-order chi connectivity index (χ0) is 20.7. The molecule has 3 rings (SSSR count). The number of hydrogen-bond donors (Lipinski definition) is 2. The maximum atomic E-state index is 12.6. The zero-order valence-corrected chi connectivity index (χ0v) is 17.0. The van der Waals surface area contributed by atoms with Gasteiger partial charge >= 0.3 is 0 Å². The molecule has 7 nitrogen and oxygen atoms in total. The number of aliphatic hydroxyl groups excluding tert-OH is 1. The molecule has 0 spiro atoms. The smallest absolute Gasteiger partial charge is 0.243 e. The fraction of sp³-hybridized carbons (Fsp3) is 0.381. The average Bonchev–Trinajstić information content (AvgIpc) is 2.77. The number of aryl methyl sites for hydroxylation is 1. The van der Waals surface area contributed by atoms with E-state index in [0.29, 0.717) is 32.7 Å². The summed E-state index contributed by atoms with van der Waals surface area (Å²) in [5, 5.41) is 12.8. The van der Waals surface area contributed by atoms with E-state index in [2.05, 4.69) is 5.32 Å². The number of rotatable bonds is 8. The van der Waals surface area contributed by atoms with Crippen LogP contribution in [-0.2, 0) is 26.0 Å². The third-order valence-corrected chi connectivity index (χ3v) is 6.76. The molecule has 0 saturated carbocycles. The predicted molar refractivity (Wildman–Crippen MR) is 109 cm³/mol. The highest BCUT2D eigenvalue weighted by molar-refractivity contribution is 7.89. The van der Waals surface area contributed by atoms with Gasteiger partial charge < -0.3 is 15.2 Å². The summed E-state index contributed by atoms with van der Waals surface area (Å²) in [4.78, 5) is 12.3. The summed E-state index contributed by atoms with van der Waals surface area (Å²) in [5.41, 5.74) is 1.63. The summed E-state index contributed by atoms with van der Waals surface area (Å²) < 4.78 is 31.9. The summed E-state index contributed by atoms with van der Waals surface area (Å²) >= 11 is 0. The van der Waals surface area contributed by atoms with E-state index in [4.69, 9.17) is 4.74 Å². The van der Waals surface area contributed by atoms with Gasteiger partial charge in [0.2, 0.25) is 15.9 Å². The molecule has 1 heterocycles. The van der Waals surface area contributed by atoms with Crippen LogP contribution in [0.3, 0.4) is 0 Å². The maximum absolute atomic E-state index is 12.6. The Balaban J connectivity index is 1.48. The molecule has 0 aromatic heterocycles. The molecule has 2 aromatic rings. The van der Waals surface area contributed by atoms with Crippen molar-refractivity contribution in [2.24, 2.45) is 0 Å². The van der Waals surface area contributed by atoms with Crippen LogP contribution >= 0.6 is 0 Å². The lowest BCUT2D eigenvalue weighted by atomic mass is 10.1. The van der Waals surface area contributed by atoms with E-state index in [1.807, 2.05) is 30.3 Å². The lowest BCUT2D eigenvalue weighted by Crippen LogP contribution is -2.40. The Kier molecular flexibility index (Phi) is 7.38. The molecule has 29 heavy (non-hydrogen) atoms. The highest BCUT2D eigenvalue weighted by atomic mass is 32.2. The van der Waals surface area contributed by atoms with Gasteiger partial charge in [0.1, 0.15) is 0 Å². The van der Waals surface area contributed by atoms with Gasteiger partial charge in [0, 0.05) is 26.1 Å². The molecule has 0 radical (unpaired) electrons. The van der Waals surface area contributed by atoms with Gasteiger partial charge in [-0.25, -0.2) is 8.42 Å². The second-order valence-electron chi connectivity index (χ2n) is 6.89. The molecule has 0 bridgehead atoms. The number of aliphatic hydroxyl groups is 1. The van der Waals surface area contributed by atoms with Gasteiger partial charge in [-0.05, 0) is 29.7 Å². The first-order valence-corrected chi connectivity index (χ1v) is 11.1. The minimum Gasteiger partial charge on any atom is -0.387 e. The van der Waals surface area contributed by atoms with Crippen LogP contribution in [0.4, 0.5) is 0 Å². The maximum Gasteiger partial charge on any atom is 0.243 e. The third kappa shape index (κ3) is 5.86. The van der Waals surface area contributed by atoms with E-state index in [1.165, 1.54) is 4.31 Å². The van der Waals surface area contributed by atoms with E-state index in [9.17, 15) is 18.3 Å². The van der Waals surface area contributed by atoms with E-state index in [0.717, 1.165) is 11.1 Å². The fourth-order valence-corrected chi connectivity index (χ4v) is 4.52. The van der Waals surface area contributed by atoms with Crippen molar-refractivity contribution in [3.63, 3.8) is 0 Å². The quantitative estimate of drug-likeness (QED) is 0.677. The second-order valence-corrected chi connectivity index (χ2v) is 8.83. The SMILES string of the molecule is O=C(CCc1ccc(S(=O)(=O)N2CCOCC2)cc1)NCC(O)c1ccccc1. The first-order chi connectivity index (χ1) is 14.0. The number of nitrogens with zero attached hydrogens (tertiary/aromatic N) is 1. The molecular formula is C21H26N2O5S. The molecule has 1 amide bonds. The van der Waals surface area contributed by atoms with Crippen LogP contribution in [-0.4, -0.2) is 56.6 Å². The largest absolute Gasteiger partial charge is 0.387 e. The van der Waals surface area contributed by atoms with E-state index in [1.54, 1.807) is 24.3 Å². The minimum absolute atomic E-state index is 0.152. The Morgan fingerprint density at radius 1 is 1.07 bits per heavy atom. The van der Waals surface area contributed by atoms with Crippen molar-refractivity contribution in [3.8, 4) is 0 Å². The summed E-state index contributed by atoms with van der Waals surface area (Å²) in [6, 6.07) is 15.8. The molecule has 156 valence electrons. The standard InChI is InChI=1S/C21H26N2O5S/c24-20(18-4-2-1-3-5-18)16-22-21(25)11-8-17-6-9-19(10-7-17)29(26,27)23-12-14-28-15-13-23/h1-7,9-10,20,24H,8,11-16H2,(H,22,25). The van der Waals surface area contributed by atoms with Crippen LogP contribution in [0.5, 0.6) is 0 Å². The molecule has 1 fully saturated rings. The number of nitrogens with one attached hydrogen (secondary N) is 1. The molecule has 1 aliphatic rings. The molecule has 2 aromatic carbocycles. The van der Waals surface area contributed by atoms with Gasteiger partial charge in [0.05, 0.1) is 24.2 Å². The van der Waals surface area contributed by atoms with Crippen molar-refractivity contribution in [2.75, 3.05) is 32.8 Å². The van der Waals surface area contributed by atoms with Crippen LogP contribution in [0.2, 0.25) is 0 Å². The molecular weight excluding hydrogens is 392 g/mol. The van der Waals surface area contributed by atoms with Crippen molar-refractivity contribution in [2.45, 2.75) is 23.8 Å². The number of benzene rings is 2. The monoisotopic (exact) mass is 418 g/mol. The predicted octanol–water partition coefficient (Wildman–Crippen LogP) is 1.49. The Morgan fingerprint density at radius 2 is 1.72 bits per heavy atom. The van der Waals surface area contributed by atoms with Crippen LogP contribution in [0, 0.1) is 0 Å². The topological polar surface area (TPSA) is 95.9 Å². The molecule has 8 heteroatoms. The Bertz CT molecular complexity index is 894. The lowest BCUT2D eigenvalue weighted by Gasteiger charge is -2.26. The van der Waals surface area contributed by atoms with Crippen LogP contribution < -0.4 is 5.32 Å². The highest BCUT2D eigenvalue weighted by Crippen LogP contribution is 2.18. The average molecular weight is 419 g/mol. The van der Waals surface area contributed by atoms with Crippen LogP contribution in [0.15, 0.2) is 59.5 Å². The van der Waals surface area contributed by atoms with Crippen LogP contribution in [0.1, 0.15) is 23.7 Å². The summed E-state index contributed by atoms with van der Waals surface area (Å²) in [6.07, 6.45) is 0.00667. The van der Waals surface area contributed by atoms with Crippen molar-refractivity contribution in [1.29, 1.82) is 0 Å². The van der Waals surface area contributed by atoms with Gasteiger partial charge in [-0.2, -0.15) is 4.31 Å². The number of amides is 1. The zero-order valence-electron chi connectivity index (χ0n) is 16.2. The molecule has 1 aliphatic heterocycles. The summed E-state index contributed by atoms with van der Waals surface area (Å²) in [7, 11) is -3.51.